The molecule has 0 aliphatic heterocycles. The molecule has 0 unspecified atom stereocenters. The maximum absolute atomic E-state index is 13.5. The molecule has 0 aliphatic carbocycles. The number of sulfonamides is 1. The zero-order chi connectivity index (χ0) is 19.0. The number of carbonyl (C=O) groups excluding carboxylic acids is 1. The molecule has 0 fully saturated rings. The number of ether oxygens (including phenoxy) is 1. The zero-order valence-corrected chi connectivity index (χ0v) is 15.2. The summed E-state index contributed by atoms with van der Waals surface area (Å²) in [5.41, 5.74) is 0.667. The van der Waals surface area contributed by atoms with Crippen molar-refractivity contribution >= 4 is 15.9 Å². The zero-order valence-electron chi connectivity index (χ0n) is 14.4. The fourth-order valence-corrected chi connectivity index (χ4v) is 3.29. The first-order valence-corrected chi connectivity index (χ1v) is 9.52. The standard InChI is InChI=1S/C18H21FN2O4S/c1-25-12-4-11-21-26(23,24)16-9-7-14(8-10-16)18(22)20-13-15-5-2-3-6-17(15)19/h2-3,5-10,21H,4,11-13H2,1H3,(H,20,22). The molecule has 140 valence electrons. The van der Waals surface area contributed by atoms with Gasteiger partial charge in [0.05, 0.1) is 4.90 Å². The Morgan fingerprint density at radius 2 is 1.81 bits per heavy atom. The number of methoxy groups -OCH3 is 1. The molecule has 2 rings (SSSR count). The summed E-state index contributed by atoms with van der Waals surface area (Å²) >= 11 is 0. The van der Waals surface area contributed by atoms with E-state index in [2.05, 4.69) is 10.0 Å². The van der Waals surface area contributed by atoms with Crippen molar-refractivity contribution in [2.45, 2.75) is 17.9 Å². The predicted molar refractivity (Wildman–Crippen MR) is 95.7 cm³/mol. The smallest absolute Gasteiger partial charge is 0.251 e. The van der Waals surface area contributed by atoms with E-state index in [1.54, 1.807) is 25.3 Å². The molecule has 0 spiro atoms. The molecule has 0 bridgehead atoms. The van der Waals surface area contributed by atoms with Crippen molar-refractivity contribution in [1.82, 2.24) is 10.0 Å². The highest BCUT2D eigenvalue weighted by Gasteiger charge is 2.14. The summed E-state index contributed by atoms with van der Waals surface area (Å²) in [5.74, 6) is -0.806. The van der Waals surface area contributed by atoms with Crippen molar-refractivity contribution in [3.8, 4) is 0 Å². The van der Waals surface area contributed by atoms with Crippen molar-refractivity contribution < 1.29 is 22.3 Å². The van der Waals surface area contributed by atoms with Crippen LogP contribution in [0.15, 0.2) is 53.4 Å². The van der Waals surface area contributed by atoms with E-state index >= 15 is 0 Å². The van der Waals surface area contributed by atoms with Gasteiger partial charge in [-0.25, -0.2) is 17.5 Å². The molecule has 0 saturated carbocycles. The largest absolute Gasteiger partial charge is 0.385 e. The summed E-state index contributed by atoms with van der Waals surface area (Å²) in [4.78, 5) is 12.2. The van der Waals surface area contributed by atoms with Crippen molar-refractivity contribution in [3.63, 3.8) is 0 Å². The predicted octanol–water partition coefficient (Wildman–Crippen LogP) is 2.07. The molecule has 8 heteroatoms. The quantitative estimate of drug-likeness (QED) is 0.653. The van der Waals surface area contributed by atoms with Gasteiger partial charge in [0.15, 0.2) is 0 Å². The Morgan fingerprint density at radius 1 is 1.12 bits per heavy atom. The second-order valence-electron chi connectivity index (χ2n) is 5.54. The van der Waals surface area contributed by atoms with E-state index in [0.29, 0.717) is 24.2 Å². The van der Waals surface area contributed by atoms with Gasteiger partial charge in [-0.2, -0.15) is 0 Å². The van der Waals surface area contributed by atoms with Crippen LogP contribution in [-0.2, 0) is 21.3 Å². The van der Waals surface area contributed by atoms with Crippen molar-refractivity contribution in [3.05, 3.63) is 65.5 Å². The Labute approximate surface area is 152 Å². The minimum absolute atomic E-state index is 0.0482. The van der Waals surface area contributed by atoms with Crippen LogP contribution in [0.1, 0.15) is 22.3 Å². The topological polar surface area (TPSA) is 84.5 Å². The first-order chi connectivity index (χ1) is 12.4. The Bertz CT molecular complexity index is 839. The van der Waals surface area contributed by atoms with Crippen molar-refractivity contribution in [1.29, 1.82) is 0 Å². The van der Waals surface area contributed by atoms with Crippen molar-refractivity contribution in [2.24, 2.45) is 0 Å². The maximum atomic E-state index is 13.5. The number of hydrogen-bond donors (Lipinski definition) is 2. The van der Waals surface area contributed by atoms with Crippen molar-refractivity contribution in [2.75, 3.05) is 20.3 Å². The fourth-order valence-electron chi connectivity index (χ4n) is 2.21. The number of hydrogen-bond acceptors (Lipinski definition) is 4. The van der Waals surface area contributed by atoms with Crippen LogP contribution in [0, 0.1) is 5.82 Å². The summed E-state index contributed by atoms with van der Waals surface area (Å²) in [6, 6.07) is 11.7. The maximum Gasteiger partial charge on any atom is 0.251 e. The Hall–Kier alpha value is -2.29. The third kappa shape index (κ3) is 5.62. The highest BCUT2D eigenvalue weighted by atomic mass is 32.2. The molecular weight excluding hydrogens is 359 g/mol. The van der Waals surface area contributed by atoms with Gasteiger partial charge in [-0.3, -0.25) is 4.79 Å². The SMILES string of the molecule is COCCCNS(=O)(=O)c1ccc(C(=O)NCc2ccccc2F)cc1. The fraction of sp³-hybridized carbons (Fsp3) is 0.278. The highest BCUT2D eigenvalue weighted by Crippen LogP contribution is 2.11. The number of nitrogens with one attached hydrogen (secondary N) is 2. The van der Waals surface area contributed by atoms with E-state index in [-0.39, 0.29) is 18.0 Å². The third-order valence-electron chi connectivity index (χ3n) is 3.64. The minimum atomic E-state index is -3.63. The van der Waals surface area contributed by atoms with Gasteiger partial charge in [0, 0.05) is 37.9 Å². The van der Waals surface area contributed by atoms with E-state index in [9.17, 15) is 17.6 Å². The summed E-state index contributed by atoms with van der Waals surface area (Å²) < 4.78 is 45.1. The van der Waals surface area contributed by atoms with E-state index < -0.39 is 21.7 Å². The Morgan fingerprint density at radius 3 is 2.46 bits per heavy atom. The minimum Gasteiger partial charge on any atom is -0.385 e. The monoisotopic (exact) mass is 380 g/mol. The molecule has 0 radical (unpaired) electrons. The lowest BCUT2D eigenvalue weighted by atomic mass is 10.2. The first kappa shape index (κ1) is 20.0. The molecule has 1 amide bonds. The van der Waals surface area contributed by atoms with E-state index in [0.717, 1.165) is 0 Å². The van der Waals surface area contributed by atoms with Gasteiger partial charge >= 0.3 is 0 Å². The summed E-state index contributed by atoms with van der Waals surface area (Å²) in [6.45, 7) is 0.775. The van der Waals surface area contributed by atoms with Crippen LogP contribution < -0.4 is 10.0 Å². The molecule has 2 aromatic carbocycles. The van der Waals surface area contributed by atoms with Crippen LogP contribution in [0.5, 0.6) is 0 Å². The molecule has 0 aliphatic rings. The lowest BCUT2D eigenvalue weighted by Gasteiger charge is -2.09. The average Bonchev–Trinajstić information content (AvgIpc) is 2.64. The molecule has 26 heavy (non-hydrogen) atoms. The van der Waals surface area contributed by atoms with E-state index in [1.165, 1.54) is 30.3 Å². The van der Waals surface area contributed by atoms with Crippen LogP contribution in [0.25, 0.3) is 0 Å². The lowest BCUT2D eigenvalue weighted by Crippen LogP contribution is -2.26. The molecule has 0 heterocycles. The molecule has 2 aromatic rings. The number of benzene rings is 2. The molecule has 6 nitrogen and oxygen atoms in total. The molecule has 0 atom stereocenters. The number of carbonyl (C=O) groups is 1. The molecule has 2 N–H and O–H groups in total. The second-order valence-corrected chi connectivity index (χ2v) is 7.31. The summed E-state index contributed by atoms with van der Waals surface area (Å²) in [7, 11) is -2.08. The highest BCUT2D eigenvalue weighted by molar-refractivity contribution is 7.89. The summed E-state index contributed by atoms with van der Waals surface area (Å²) in [5, 5.41) is 2.60. The lowest BCUT2D eigenvalue weighted by molar-refractivity contribution is 0.0950. The van der Waals surface area contributed by atoms with E-state index in [4.69, 9.17) is 4.74 Å². The van der Waals surface area contributed by atoms with Gasteiger partial charge in [-0.05, 0) is 36.8 Å². The third-order valence-corrected chi connectivity index (χ3v) is 5.12. The van der Waals surface area contributed by atoms with E-state index in [1.807, 2.05) is 0 Å². The second kappa shape index (κ2) is 9.42. The average molecular weight is 380 g/mol. The van der Waals surface area contributed by atoms with Crippen LogP contribution in [0.3, 0.4) is 0 Å². The Balaban J connectivity index is 1.95. The van der Waals surface area contributed by atoms with Gasteiger partial charge in [-0.15, -0.1) is 0 Å². The summed E-state index contributed by atoms with van der Waals surface area (Å²) in [6.07, 6.45) is 0.562. The van der Waals surface area contributed by atoms with Gasteiger partial charge in [-0.1, -0.05) is 18.2 Å². The molecule has 0 saturated heterocycles. The van der Waals surface area contributed by atoms with Gasteiger partial charge < -0.3 is 10.1 Å². The van der Waals surface area contributed by atoms with Crippen LogP contribution >= 0.6 is 0 Å². The number of halogens is 1. The van der Waals surface area contributed by atoms with Crippen LogP contribution in [0.4, 0.5) is 4.39 Å². The van der Waals surface area contributed by atoms with Gasteiger partial charge in [0.25, 0.3) is 5.91 Å². The van der Waals surface area contributed by atoms with Gasteiger partial charge in [0.2, 0.25) is 10.0 Å². The first-order valence-electron chi connectivity index (χ1n) is 8.04. The molecular formula is C18H21FN2O4S. The molecule has 0 aromatic heterocycles. The number of amides is 1. The Kier molecular flexibility index (Phi) is 7.26. The van der Waals surface area contributed by atoms with Crippen LogP contribution in [0.2, 0.25) is 0 Å². The van der Waals surface area contributed by atoms with Gasteiger partial charge in [0.1, 0.15) is 5.82 Å². The number of rotatable bonds is 9. The normalized spacial score (nSPS) is 11.3. The van der Waals surface area contributed by atoms with Crippen LogP contribution in [-0.4, -0.2) is 34.6 Å².